The second kappa shape index (κ2) is 5.83. The van der Waals surface area contributed by atoms with E-state index in [4.69, 9.17) is 4.42 Å². The van der Waals surface area contributed by atoms with E-state index in [0.29, 0.717) is 0 Å². The van der Waals surface area contributed by atoms with Crippen molar-refractivity contribution < 1.29 is 4.42 Å². The van der Waals surface area contributed by atoms with Crippen molar-refractivity contribution in [3.63, 3.8) is 0 Å². The highest BCUT2D eigenvalue weighted by Crippen LogP contribution is 2.23. The second-order valence-electron chi connectivity index (χ2n) is 4.62. The summed E-state index contributed by atoms with van der Waals surface area (Å²) in [6, 6.07) is 6.11. The maximum atomic E-state index is 5.53. The maximum absolute atomic E-state index is 5.53. The average Bonchev–Trinajstić information content (AvgIpc) is 2.85. The molecule has 0 fully saturated rings. The van der Waals surface area contributed by atoms with Gasteiger partial charge in [0.15, 0.2) is 0 Å². The van der Waals surface area contributed by atoms with E-state index in [2.05, 4.69) is 37.1 Å². The van der Waals surface area contributed by atoms with Crippen molar-refractivity contribution in [2.75, 3.05) is 6.54 Å². The fourth-order valence-corrected chi connectivity index (χ4v) is 2.10. The molecule has 0 aliphatic carbocycles. The number of nitrogens with one attached hydrogen (secondary N) is 1. The highest BCUT2D eigenvalue weighted by Gasteiger charge is 2.19. The van der Waals surface area contributed by atoms with Crippen molar-refractivity contribution in [2.24, 2.45) is 0 Å². The lowest BCUT2D eigenvalue weighted by Crippen LogP contribution is -2.24. The first-order valence-corrected chi connectivity index (χ1v) is 6.42. The Kier molecular flexibility index (Phi) is 4.15. The number of nitrogens with zero attached hydrogens (tertiary/aromatic N) is 1. The van der Waals surface area contributed by atoms with Gasteiger partial charge in [-0.05, 0) is 50.1 Å². The summed E-state index contributed by atoms with van der Waals surface area (Å²) in [5.74, 6) is 0.919. The number of pyridine rings is 1. The van der Waals surface area contributed by atoms with Gasteiger partial charge in [0.05, 0.1) is 12.0 Å². The molecular formula is C15H20N2O. The fourth-order valence-electron chi connectivity index (χ4n) is 2.10. The van der Waals surface area contributed by atoms with Gasteiger partial charge in [0.25, 0.3) is 0 Å². The van der Waals surface area contributed by atoms with Crippen LogP contribution in [0.15, 0.2) is 35.1 Å². The molecule has 1 unspecified atom stereocenters. The van der Waals surface area contributed by atoms with Gasteiger partial charge >= 0.3 is 0 Å². The number of hydrogen-bond donors (Lipinski definition) is 1. The number of hydrogen-bond acceptors (Lipinski definition) is 3. The summed E-state index contributed by atoms with van der Waals surface area (Å²) in [6.45, 7) is 7.26. The molecular weight excluding hydrogens is 224 g/mol. The van der Waals surface area contributed by atoms with Crippen LogP contribution in [0.2, 0.25) is 0 Å². The van der Waals surface area contributed by atoms with Gasteiger partial charge in [-0.15, -0.1) is 0 Å². The molecule has 0 saturated heterocycles. The molecule has 96 valence electrons. The zero-order valence-corrected chi connectivity index (χ0v) is 11.2. The second-order valence-corrected chi connectivity index (χ2v) is 4.62. The lowest BCUT2D eigenvalue weighted by Gasteiger charge is -2.18. The molecule has 3 nitrogen and oxygen atoms in total. The first kappa shape index (κ1) is 12.8. The Morgan fingerprint density at radius 3 is 2.83 bits per heavy atom. The lowest BCUT2D eigenvalue weighted by atomic mass is 10.0. The number of aryl methyl sites for hydroxylation is 2. The maximum Gasteiger partial charge on any atom is 0.126 e. The van der Waals surface area contributed by atoms with E-state index >= 15 is 0 Å². The molecule has 1 N–H and O–H groups in total. The Hall–Kier alpha value is -1.61. The molecule has 2 aromatic heterocycles. The van der Waals surface area contributed by atoms with Crippen LogP contribution in [0.5, 0.6) is 0 Å². The molecule has 2 heterocycles. The molecule has 0 bridgehead atoms. The summed E-state index contributed by atoms with van der Waals surface area (Å²) in [4.78, 5) is 4.56. The smallest absolute Gasteiger partial charge is 0.126 e. The molecule has 0 radical (unpaired) electrons. The van der Waals surface area contributed by atoms with Crippen LogP contribution in [0.1, 0.15) is 42.0 Å². The molecule has 0 amide bonds. The summed E-state index contributed by atoms with van der Waals surface area (Å²) in [7, 11) is 0. The van der Waals surface area contributed by atoms with E-state index in [1.54, 1.807) is 6.26 Å². The van der Waals surface area contributed by atoms with Crippen molar-refractivity contribution in [1.82, 2.24) is 10.3 Å². The Morgan fingerprint density at radius 2 is 2.22 bits per heavy atom. The van der Waals surface area contributed by atoms with E-state index in [9.17, 15) is 0 Å². The quantitative estimate of drug-likeness (QED) is 0.876. The van der Waals surface area contributed by atoms with Crippen LogP contribution in [0.3, 0.4) is 0 Å². The van der Waals surface area contributed by atoms with Crippen molar-refractivity contribution in [3.8, 4) is 0 Å². The number of aromatic nitrogens is 1. The van der Waals surface area contributed by atoms with E-state index in [1.807, 2.05) is 18.3 Å². The van der Waals surface area contributed by atoms with Crippen LogP contribution in [0, 0.1) is 13.8 Å². The monoisotopic (exact) mass is 244 g/mol. The van der Waals surface area contributed by atoms with E-state index < -0.39 is 0 Å². The Morgan fingerprint density at radius 1 is 1.39 bits per heavy atom. The average molecular weight is 244 g/mol. The molecule has 0 aliphatic heterocycles. The van der Waals surface area contributed by atoms with Crippen LogP contribution in [0.25, 0.3) is 0 Å². The van der Waals surface area contributed by atoms with Crippen molar-refractivity contribution in [1.29, 1.82) is 0 Å². The number of furan rings is 1. The summed E-state index contributed by atoms with van der Waals surface area (Å²) in [5.41, 5.74) is 3.42. The first-order valence-electron chi connectivity index (χ1n) is 6.42. The third kappa shape index (κ3) is 2.79. The largest absolute Gasteiger partial charge is 0.467 e. The van der Waals surface area contributed by atoms with Gasteiger partial charge in [-0.2, -0.15) is 0 Å². The SMILES string of the molecule is CCCNC(c1ccco1)c1ncc(C)cc1C. The van der Waals surface area contributed by atoms with Crippen LogP contribution < -0.4 is 5.32 Å². The molecule has 1 atom stereocenters. The Balaban J connectivity index is 2.33. The van der Waals surface area contributed by atoms with Crippen molar-refractivity contribution >= 4 is 0 Å². The first-order chi connectivity index (χ1) is 8.72. The summed E-state index contributed by atoms with van der Waals surface area (Å²) < 4.78 is 5.53. The third-order valence-corrected chi connectivity index (χ3v) is 2.96. The molecule has 0 aliphatic rings. The minimum atomic E-state index is 0.0422. The van der Waals surface area contributed by atoms with E-state index in [0.717, 1.165) is 24.4 Å². The van der Waals surface area contributed by atoms with Crippen LogP contribution in [-0.2, 0) is 0 Å². The highest BCUT2D eigenvalue weighted by atomic mass is 16.3. The van der Waals surface area contributed by atoms with Crippen LogP contribution in [0.4, 0.5) is 0 Å². The molecule has 0 spiro atoms. The van der Waals surface area contributed by atoms with Crippen LogP contribution >= 0.6 is 0 Å². The number of rotatable bonds is 5. The molecule has 18 heavy (non-hydrogen) atoms. The van der Waals surface area contributed by atoms with Gasteiger partial charge < -0.3 is 9.73 Å². The van der Waals surface area contributed by atoms with Gasteiger partial charge in [-0.25, -0.2) is 0 Å². The zero-order chi connectivity index (χ0) is 13.0. The normalized spacial score (nSPS) is 12.6. The van der Waals surface area contributed by atoms with Gasteiger partial charge in [0.1, 0.15) is 11.8 Å². The van der Waals surface area contributed by atoms with Gasteiger partial charge in [0, 0.05) is 6.20 Å². The van der Waals surface area contributed by atoms with Crippen LogP contribution in [-0.4, -0.2) is 11.5 Å². The minimum Gasteiger partial charge on any atom is -0.467 e. The molecule has 2 rings (SSSR count). The molecule has 3 heteroatoms. The third-order valence-electron chi connectivity index (χ3n) is 2.96. The summed E-state index contributed by atoms with van der Waals surface area (Å²) >= 11 is 0. The lowest BCUT2D eigenvalue weighted by molar-refractivity contribution is 0.440. The van der Waals surface area contributed by atoms with Crippen molar-refractivity contribution in [2.45, 2.75) is 33.2 Å². The zero-order valence-electron chi connectivity index (χ0n) is 11.2. The standard InChI is InChI=1S/C15H20N2O/c1-4-7-16-15(13-6-5-8-18-13)14-12(3)9-11(2)10-17-14/h5-6,8-10,15-16H,4,7H2,1-3H3. The molecule has 2 aromatic rings. The Labute approximate surface area is 108 Å². The highest BCUT2D eigenvalue weighted by molar-refractivity contribution is 5.30. The Bertz CT molecular complexity index is 491. The molecule has 0 saturated carbocycles. The van der Waals surface area contributed by atoms with Gasteiger partial charge in [-0.3, -0.25) is 4.98 Å². The van der Waals surface area contributed by atoms with E-state index in [1.165, 1.54) is 11.1 Å². The summed E-state index contributed by atoms with van der Waals surface area (Å²) in [5, 5.41) is 3.49. The van der Waals surface area contributed by atoms with Gasteiger partial charge in [-0.1, -0.05) is 13.0 Å². The topological polar surface area (TPSA) is 38.1 Å². The van der Waals surface area contributed by atoms with E-state index in [-0.39, 0.29) is 6.04 Å². The van der Waals surface area contributed by atoms with Crippen molar-refractivity contribution in [3.05, 3.63) is 53.2 Å². The van der Waals surface area contributed by atoms with Gasteiger partial charge in [0.2, 0.25) is 0 Å². The summed E-state index contributed by atoms with van der Waals surface area (Å²) in [6.07, 6.45) is 4.70. The predicted molar refractivity (Wildman–Crippen MR) is 72.6 cm³/mol. The molecule has 0 aromatic carbocycles. The fraction of sp³-hybridized carbons (Fsp3) is 0.400. The predicted octanol–water partition coefficient (Wildman–Crippen LogP) is 3.38. The minimum absolute atomic E-state index is 0.0422.